The molecule has 0 spiro atoms. The van der Waals surface area contributed by atoms with Crippen molar-refractivity contribution in [1.29, 1.82) is 0 Å². The van der Waals surface area contributed by atoms with E-state index in [0.717, 1.165) is 18.4 Å². The third kappa shape index (κ3) is 2.44. The number of ketones is 2. The second kappa shape index (κ2) is 5.14. The van der Waals surface area contributed by atoms with Crippen molar-refractivity contribution in [2.45, 2.75) is 59.5 Å². The molecule has 2 fully saturated rings. The van der Waals surface area contributed by atoms with Crippen molar-refractivity contribution in [2.24, 2.45) is 29.1 Å². The Morgan fingerprint density at radius 1 is 1.17 bits per heavy atom. The predicted molar refractivity (Wildman–Crippen MR) is 89.7 cm³/mol. The third-order valence-corrected chi connectivity index (χ3v) is 6.55. The zero-order valence-corrected chi connectivity index (χ0v) is 14.8. The van der Waals surface area contributed by atoms with E-state index in [4.69, 9.17) is 0 Å². The highest BCUT2D eigenvalue weighted by Crippen LogP contribution is 2.62. The first-order valence-corrected chi connectivity index (χ1v) is 8.75. The Kier molecular flexibility index (Phi) is 3.72. The maximum atomic E-state index is 13.0. The van der Waals surface area contributed by atoms with Crippen LogP contribution in [0.3, 0.4) is 0 Å². The molecule has 2 saturated carbocycles. The molecule has 0 aromatic carbocycles. The van der Waals surface area contributed by atoms with E-state index in [2.05, 4.69) is 19.9 Å². The summed E-state index contributed by atoms with van der Waals surface area (Å²) in [6, 6.07) is 0. The van der Waals surface area contributed by atoms with Crippen LogP contribution >= 0.6 is 0 Å². The average Bonchev–Trinajstić information content (AvgIpc) is 2.90. The Labute approximate surface area is 138 Å². The van der Waals surface area contributed by atoms with Crippen LogP contribution in [0.15, 0.2) is 23.3 Å². The zero-order chi connectivity index (χ0) is 17.2. The lowest BCUT2D eigenvalue weighted by Crippen LogP contribution is -2.43. The number of hydrogen-bond donors (Lipinski definition) is 1. The molecular weight excluding hydrogens is 288 g/mol. The van der Waals surface area contributed by atoms with E-state index in [-0.39, 0.29) is 29.3 Å². The molecule has 0 aliphatic heterocycles. The van der Waals surface area contributed by atoms with Crippen molar-refractivity contribution in [3.05, 3.63) is 23.3 Å². The third-order valence-electron chi connectivity index (χ3n) is 6.55. The molecule has 3 aliphatic carbocycles. The summed E-state index contributed by atoms with van der Waals surface area (Å²) in [6.07, 6.45) is 6.16. The molecule has 0 amide bonds. The van der Waals surface area contributed by atoms with Crippen molar-refractivity contribution in [3.8, 4) is 0 Å². The van der Waals surface area contributed by atoms with E-state index in [0.29, 0.717) is 17.4 Å². The van der Waals surface area contributed by atoms with E-state index < -0.39 is 11.5 Å². The quantitative estimate of drug-likeness (QED) is 0.696. The van der Waals surface area contributed by atoms with Gasteiger partial charge in [-0.15, -0.1) is 0 Å². The molecule has 0 aromatic rings. The molecule has 5 atom stereocenters. The highest BCUT2D eigenvalue weighted by atomic mass is 16.3. The maximum Gasteiger partial charge on any atom is 0.190 e. The van der Waals surface area contributed by atoms with Gasteiger partial charge in [0.05, 0.1) is 5.92 Å². The second-order valence-corrected chi connectivity index (χ2v) is 8.59. The van der Waals surface area contributed by atoms with Gasteiger partial charge in [-0.1, -0.05) is 38.5 Å². The summed E-state index contributed by atoms with van der Waals surface area (Å²) in [5.74, 6) is -0.232. The van der Waals surface area contributed by atoms with Gasteiger partial charge in [0.15, 0.2) is 5.78 Å². The summed E-state index contributed by atoms with van der Waals surface area (Å²) in [5.41, 5.74) is 0.400. The summed E-state index contributed by atoms with van der Waals surface area (Å²) < 4.78 is 0. The van der Waals surface area contributed by atoms with Crippen LogP contribution in [0.2, 0.25) is 0 Å². The van der Waals surface area contributed by atoms with E-state index in [1.165, 1.54) is 0 Å². The molecule has 5 unspecified atom stereocenters. The Hall–Kier alpha value is -1.22. The number of allylic oxidation sites excluding steroid dienone is 2. The van der Waals surface area contributed by atoms with Crippen LogP contribution in [0.25, 0.3) is 0 Å². The molecule has 23 heavy (non-hydrogen) atoms. The van der Waals surface area contributed by atoms with Crippen LogP contribution in [0, 0.1) is 29.1 Å². The monoisotopic (exact) mass is 316 g/mol. The minimum atomic E-state index is -1.56. The van der Waals surface area contributed by atoms with E-state index >= 15 is 0 Å². The molecule has 3 nitrogen and oxygen atoms in total. The van der Waals surface area contributed by atoms with Crippen LogP contribution < -0.4 is 0 Å². The first-order valence-electron chi connectivity index (χ1n) is 8.75. The van der Waals surface area contributed by atoms with Gasteiger partial charge in [-0.05, 0) is 55.9 Å². The number of carbonyl (C=O) groups excluding carboxylic acids is 2. The van der Waals surface area contributed by atoms with Gasteiger partial charge in [-0.25, -0.2) is 0 Å². The van der Waals surface area contributed by atoms with Crippen LogP contribution in [-0.4, -0.2) is 22.3 Å². The summed E-state index contributed by atoms with van der Waals surface area (Å²) in [5, 5.41) is 11.1. The summed E-state index contributed by atoms with van der Waals surface area (Å²) in [7, 11) is 0. The van der Waals surface area contributed by atoms with Gasteiger partial charge in [-0.2, -0.15) is 0 Å². The Bertz CT molecular complexity index is 625. The van der Waals surface area contributed by atoms with Crippen LogP contribution in [0.4, 0.5) is 0 Å². The van der Waals surface area contributed by atoms with Crippen molar-refractivity contribution >= 4 is 11.6 Å². The summed E-state index contributed by atoms with van der Waals surface area (Å²) in [6.45, 7) is 10.1. The number of carbonyl (C=O) groups is 2. The molecule has 3 aliphatic rings. The molecule has 0 bridgehead atoms. The highest BCUT2D eigenvalue weighted by molar-refractivity contribution is 6.07. The van der Waals surface area contributed by atoms with E-state index in [1.54, 1.807) is 6.92 Å². The minimum Gasteiger partial charge on any atom is -0.381 e. The van der Waals surface area contributed by atoms with Crippen LogP contribution in [0.5, 0.6) is 0 Å². The molecule has 0 heterocycles. The number of Topliss-reactive ketones (excluding diaryl/α,β-unsaturated/α-hetero) is 2. The first-order chi connectivity index (χ1) is 10.6. The van der Waals surface area contributed by atoms with Gasteiger partial charge in [0.2, 0.25) is 0 Å². The fourth-order valence-electron chi connectivity index (χ4n) is 4.80. The van der Waals surface area contributed by atoms with Crippen molar-refractivity contribution in [1.82, 2.24) is 0 Å². The van der Waals surface area contributed by atoms with Crippen LogP contribution in [-0.2, 0) is 9.59 Å². The average molecular weight is 316 g/mol. The number of aliphatic hydroxyl groups is 1. The van der Waals surface area contributed by atoms with Gasteiger partial charge in [-0.3, -0.25) is 9.59 Å². The molecule has 3 heteroatoms. The molecule has 3 rings (SSSR count). The molecule has 0 aromatic heterocycles. The van der Waals surface area contributed by atoms with E-state index in [1.807, 2.05) is 19.9 Å². The fraction of sp³-hybridized carbons (Fsp3) is 0.700. The Balaban J connectivity index is 2.05. The second-order valence-electron chi connectivity index (χ2n) is 8.59. The largest absolute Gasteiger partial charge is 0.381 e. The number of rotatable bonds is 0. The highest BCUT2D eigenvalue weighted by Gasteiger charge is 2.58. The summed E-state index contributed by atoms with van der Waals surface area (Å²) in [4.78, 5) is 25.4. The molecular formula is C20H28O3. The SMILES string of the molecule is C/C1=C\C2C(=O)C(C)CC2(O)C(=O)/C(C)=C/C2C(CC1)C2(C)C. The minimum absolute atomic E-state index is 0.00210. The predicted octanol–water partition coefficient (Wildman–Crippen LogP) is 3.47. The molecule has 126 valence electrons. The fourth-order valence-corrected chi connectivity index (χ4v) is 4.80. The van der Waals surface area contributed by atoms with Gasteiger partial charge >= 0.3 is 0 Å². The first kappa shape index (κ1) is 16.6. The van der Waals surface area contributed by atoms with Gasteiger partial charge in [0, 0.05) is 5.92 Å². The van der Waals surface area contributed by atoms with Crippen molar-refractivity contribution in [3.63, 3.8) is 0 Å². The Morgan fingerprint density at radius 3 is 2.48 bits per heavy atom. The van der Waals surface area contributed by atoms with Crippen molar-refractivity contribution in [2.75, 3.05) is 0 Å². The topological polar surface area (TPSA) is 54.4 Å². The van der Waals surface area contributed by atoms with E-state index in [9.17, 15) is 14.7 Å². The number of hydrogen-bond acceptors (Lipinski definition) is 3. The molecule has 0 saturated heterocycles. The number of fused-ring (bicyclic) bond motifs is 2. The molecule has 0 radical (unpaired) electrons. The standard InChI is InChI=1S/C20H28O3/c1-11-6-7-14-15(19(14,4)5)9-12(2)18(22)20(23)10-13(3)17(21)16(20)8-11/h8-9,13-16,23H,6-7,10H2,1-5H3/b11-8+,12-9+. The smallest absolute Gasteiger partial charge is 0.190 e. The maximum absolute atomic E-state index is 13.0. The lowest BCUT2D eigenvalue weighted by molar-refractivity contribution is -0.138. The van der Waals surface area contributed by atoms with Crippen molar-refractivity contribution < 1.29 is 14.7 Å². The van der Waals surface area contributed by atoms with Gasteiger partial charge in [0.1, 0.15) is 11.4 Å². The normalized spacial score (nSPS) is 47.6. The lowest BCUT2D eigenvalue weighted by Gasteiger charge is -2.26. The van der Waals surface area contributed by atoms with Gasteiger partial charge < -0.3 is 5.11 Å². The van der Waals surface area contributed by atoms with Gasteiger partial charge in [0.25, 0.3) is 0 Å². The molecule has 1 N–H and O–H groups in total. The zero-order valence-electron chi connectivity index (χ0n) is 14.8. The Morgan fingerprint density at radius 2 is 1.83 bits per heavy atom. The lowest BCUT2D eigenvalue weighted by atomic mass is 9.82. The summed E-state index contributed by atoms with van der Waals surface area (Å²) >= 11 is 0. The van der Waals surface area contributed by atoms with Crippen LogP contribution in [0.1, 0.15) is 53.9 Å².